The predicted molar refractivity (Wildman–Crippen MR) is 96.5 cm³/mol. The predicted octanol–water partition coefficient (Wildman–Crippen LogP) is 2.36. The summed E-state index contributed by atoms with van der Waals surface area (Å²) in [6.07, 6.45) is 0. The van der Waals surface area contributed by atoms with Gasteiger partial charge in [0.25, 0.3) is 11.8 Å². The topological polar surface area (TPSA) is 83.6 Å². The normalized spacial score (nSPS) is 14.2. The van der Waals surface area contributed by atoms with Crippen LogP contribution in [-0.2, 0) is 4.74 Å². The van der Waals surface area contributed by atoms with Gasteiger partial charge >= 0.3 is 0 Å². The van der Waals surface area contributed by atoms with Crippen molar-refractivity contribution < 1.29 is 14.3 Å². The number of rotatable bonds is 3. The smallest absolute Gasteiger partial charge is 0.289 e. The molecule has 132 valence electrons. The number of hydrazine groups is 1. The largest absolute Gasteiger partial charge is 0.378 e. The Labute approximate surface area is 157 Å². The second kappa shape index (κ2) is 8.01. The second-order valence-corrected chi connectivity index (χ2v) is 6.83. The summed E-state index contributed by atoms with van der Waals surface area (Å²) in [5, 5.41) is 3.01. The van der Waals surface area contributed by atoms with E-state index < -0.39 is 11.8 Å². The lowest BCUT2D eigenvalue weighted by Crippen LogP contribution is -2.42. The van der Waals surface area contributed by atoms with Gasteiger partial charge in [-0.1, -0.05) is 23.2 Å². The van der Waals surface area contributed by atoms with Crippen LogP contribution in [0.5, 0.6) is 0 Å². The van der Waals surface area contributed by atoms with Crippen LogP contribution in [0.15, 0.2) is 23.6 Å². The summed E-state index contributed by atoms with van der Waals surface area (Å²) >= 11 is 13.1. The van der Waals surface area contributed by atoms with E-state index in [4.69, 9.17) is 27.9 Å². The highest BCUT2D eigenvalue weighted by Gasteiger charge is 2.18. The molecular weight excluding hydrogens is 387 g/mol. The number of amides is 2. The maximum Gasteiger partial charge on any atom is 0.289 e. The number of hydrogen-bond donors (Lipinski definition) is 2. The summed E-state index contributed by atoms with van der Waals surface area (Å²) in [6.45, 7) is 2.75. The first-order chi connectivity index (χ1) is 12.0. The molecule has 0 saturated carbocycles. The van der Waals surface area contributed by atoms with Gasteiger partial charge in [0.2, 0.25) is 0 Å². The molecule has 10 heteroatoms. The quantitative estimate of drug-likeness (QED) is 0.772. The van der Waals surface area contributed by atoms with E-state index in [9.17, 15) is 9.59 Å². The summed E-state index contributed by atoms with van der Waals surface area (Å²) in [6, 6.07) is 4.47. The molecule has 1 aliphatic rings. The molecular formula is C15H14Cl2N4O3S. The van der Waals surface area contributed by atoms with Crippen LogP contribution in [0, 0.1) is 0 Å². The number of nitrogens with zero attached hydrogens (tertiary/aromatic N) is 2. The van der Waals surface area contributed by atoms with Crippen molar-refractivity contribution in [1.82, 2.24) is 15.8 Å². The van der Waals surface area contributed by atoms with Crippen molar-refractivity contribution in [2.45, 2.75) is 0 Å². The maximum absolute atomic E-state index is 12.1. The molecule has 1 fully saturated rings. The van der Waals surface area contributed by atoms with Gasteiger partial charge in [-0.05, 0) is 18.2 Å². The fourth-order valence-electron chi connectivity index (χ4n) is 2.19. The van der Waals surface area contributed by atoms with Gasteiger partial charge in [0, 0.05) is 23.5 Å². The van der Waals surface area contributed by atoms with Crippen molar-refractivity contribution in [3.63, 3.8) is 0 Å². The Morgan fingerprint density at radius 1 is 1.16 bits per heavy atom. The van der Waals surface area contributed by atoms with Crippen LogP contribution in [0.25, 0.3) is 0 Å². The number of carbonyl (C=O) groups excluding carboxylic acids is 2. The maximum atomic E-state index is 12.1. The average Bonchev–Trinajstić information content (AvgIpc) is 3.10. The lowest BCUT2D eigenvalue weighted by Gasteiger charge is -2.25. The fraction of sp³-hybridized carbons (Fsp3) is 0.267. The molecule has 0 radical (unpaired) electrons. The molecule has 1 aromatic carbocycles. The molecule has 25 heavy (non-hydrogen) atoms. The summed E-state index contributed by atoms with van der Waals surface area (Å²) in [4.78, 5) is 30.6. The Morgan fingerprint density at radius 3 is 2.60 bits per heavy atom. The number of benzene rings is 1. The van der Waals surface area contributed by atoms with Crippen LogP contribution in [0.1, 0.15) is 20.8 Å². The van der Waals surface area contributed by atoms with Gasteiger partial charge in [0.05, 0.1) is 23.8 Å². The summed E-state index contributed by atoms with van der Waals surface area (Å²) in [5.41, 5.74) is 5.08. The molecule has 1 aliphatic heterocycles. The first-order valence-electron chi connectivity index (χ1n) is 7.38. The third kappa shape index (κ3) is 4.40. The first-order valence-corrected chi connectivity index (χ1v) is 9.02. The Bertz CT molecular complexity index is 793. The summed E-state index contributed by atoms with van der Waals surface area (Å²) in [5.74, 6) is -1.05. The van der Waals surface area contributed by atoms with Gasteiger partial charge in [-0.25, -0.2) is 4.98 Å². The standard InChI is InChI=1S/C15H14Cl2N4O3S/c16-9-1-2-10(11(17)7-9)13(22)19-20-14(23)12-8-25-15(18-12)21-3-5-24-6-4-21/h1-2,7-8H,3-6H2,(H,19,22)(H,20,23). The van der Waals surface area contributed by atoms with Gasteiger partial charge in [0.1, 0.15) is 5.69 Å². The lowest BCUT2D eigenvalue weighted by atomic mass is 10.2. The van der Waals surface area contributed by atoms with E-state index in [2.05, 4.69) is 20.7 Å². The number of thiazole rings is 1. The molecule has 0 spiro atoms. The third-order valence-electron chi connectivity index (χ3n) is 3.47. The fourth-order valence-corrected chi connectivity index (χ4v) is 3.54. The number of halogens is 2. The van der Waals surface area contributed by atoms with Gasteiger partial charge in [-0.3, -0.25) is 20.4 Å². The molecule has 2 heterocycles. The molecule has 2 N–H and O–H groups in total. The molecule has 2 amide bonds. The van der Waals surface area contributed by atoms with E-state index in [-0.39, 0.29) is 16.3 Å². The van der Waals surface area contributed by atoms with E-state index in [1.54, 1.807) is 11.4 Å². The molecule has 3 rings (SSSR count). The van der Waals surface area contributed by atoms with Crippen LogP contribution in [0.4, 0.5) is 5.13 Å². The van der Waals surface area contributed by atoms with Crippen molar-refractivity contribution in [3.8, 4) is 0 Å². The van der Waals surface area contributed by atoms with Gasteiger partial charge in [-0.2, -0.15) is 0 Å². The SMILES string of the molecule is O=C(NNC(=O)c1ccc(Cl)cc1Cl)c1csc(N2CCOCC2)n1. The number of morpholine rings is 1. The van der Waals surface area contributed by atoms with E-state index >= 15 is 0 Å². The number of ether oxygens (including phenoxy) is 1. The van der Waals surface area contributed by atoms with Crippen LogP contribution in [-0.4, -0.2) is 43.1 Å². The molecule has 0 atom stereocenters. The van der Waals surface area contributed by atoms with Crippen molar-refractivity contribution in [3.05, 3.63) is 44.9 Å². The minimum Gasteiger partial charge on any atom is -0.378 e. The molecule has 0 bridgehead atoms. The Kier molecular flexibility index (Phi) is 5.74. The number of carbonyl (C=O) groups is 2. The van der Waals surface area contributed by atoms with Crippen molar-refractivity contribution >= 4 is 51.5 Å². The Hall–Kier alpha value is -1.87. The zero-order valence-electron chi connectivity index (χ0n) is 12.9. The van der Waals surface area contributed by atoms with Gasteiger partial charge < -0.3 is 9.64 Å². The monoisotopic (exact) mass is 400 g/mol. The number of hydrogen-bond acceptors (Lipinski definition) is 6. The van der Waals surface area contributed by atoms with E-state index in [0.29, 0.717) is 18.2 Å². The van der Waals surface area contributed by atoms with Gasteiger partial charge in [0.15, 0.2) is 5.13 Å². The molecule has 1 aromatic heterocycles. The van der Waals surface area contributed by atoms with E-state index in [0.717, 1.165) is 18.2 Å². The number of anilines is 1. The highest BCUT2D eigenvalue weighted by atomic mass is 35.5. The van der Waals surface area contributed by atoms with Crippen LogP contribution >= 0.6 is 34.5 Å². The Balaban J connectivity index is 1.59. The van der Waals surface area contributed by atoms with E-state index in [1.807, 2.05) is 0 Å². The minimum absolute atomic E-state index is 0.197. The number of nitrogens with one attached hydrogen (secondary N) is 2. The highest BCUT2D eigenvalue weighted by molar-refractivity contribution is 7.13. The first kappa shape index (κ1) is 17.9. The summed E-state index contributed by atoms with van der Waals surface area (Å²) in [7, 11) is 0. The van der Waals surface area contributed by atoms with Crippen LogP contribution in [0.3, 0.4) is 0 Å². The third-order valence-corrected chi connectivity index (χ3v) is 4.92. The zero-order chi connectivity index (χ0) is 17.8. The van der Waals surface area contributed by atoms with E-state index in [1.165, 1.54) is 23.5 Å². The molecule has 1 saturated heterocycles. The molecule has 7 nitrogen and oxygen atoms in total. The second-order valence-electron chi connectivity index (χ2n) is 5.15. The van der Waals surface area contributed by atoms with Crippen molar-refractivity contribution in [2.24, 2.45) is 0 Å². The lowest BCUT2D eigenvalue weighted by molar-refractivity contribution is 0.0844. The van der Waals surface area contributed by atoms with Crippen LogP contribution in [0.2, 0.25) is 10.0 Å². The minimum atomic E-state index is -0.543. The van der Waals surface area contributed by atoms with Gasteiger partial charge in [-0.15, -0.1) is 11.3 Å². The molecule has 2 aromatic rings. The zero-order valence-corrected chi connectivity index (χ0v) is 15.2. The van der Waals surface area contributed by atoms with Crippen LogP contribution < -0.4 is 15.8 Å². The highest BCUT2D eigenvalue weighted by Crippen LogP contribution is 2.22. The molecule has 0 aliphatic carbocycles. The molecule has 0 unspecified atom stereocenters. The van der Waals surface area contributed by atoms with Crippen molar-refractivity contribution in [1.29, 1.82) is 0 Å². The Morgan fingerprint density at radius 2 is 1.88 bits per heavy atom. The average molecular weight is 401 g/mol. The van der Waals surface area contributed by atoms with Crippen molar-refractivity contribution in [2.75, 3.05) is 31.2 Å². The number of aromatic nitrogens is 1. The summed E-state index contributed by atoms with van der Waals surface area (Å²) < 4.78 is 5.29.